The quantitative estimate of drug-likeness (QED) is 0.787. The molecular weight excluding hydrogens is 230 g/mol. The number of anilines is 1. The monoisotopic (exact) mass is 245 g/mol. The Morgan fingerprint density at radius 3 is 1.71 bits per heavy atom. The lowest BCUT2D eigenvalue weighted by atomic mass is 9.78. The highest BCUT2D eigenvalue weighted by Crippen LogP contribution is 2.32. The van der Waals surface area contributed by atoms with E-state index < -0.39 is 0 Å². The van der Waals surface area contributed by atoms with Gasteiger partial charge in [0.2, 0.25) is 0 Å². The number of nitrogens with two attached hydrogens (primary N) is 1. The maximum Gasteiger partial charge on any atom is 0.0406 e. The van der Waals surface area contributed by atoms with Gasteiger partial charge in [0.15, 0.2) is 0 Å². The van der Waals surface area contributed by atoms with Gasteiger partial charge in [0.25, 0.3) is 0 Å². The minimum absolute atomic E-state index is 0.0434. The second-order valence-corrected chi connectivity index (χ2v) is 5.19. The van der Waals surface area contributed by atoms with Gasteiger partial charge in [-0.25, -0.2) is 0 Å². The zero-order chi connectivity index (χ0) is 12.5. The molecule has 0 saturated heterocycles. The molecule has 0 spiro atoms. The Morgan fingerprint density at radius 2 is 1.24 bits per heavy atom. The van der Waals surface area contributed by atoms with Gasteiger partial charge in [-0.1, -0.05) is 49.7 Å². The van der Waals surface area contributed by atoms with E-state index in [4.69, 9.17) is 17.3 Å². The normalized spacial score (nSPS) is 11.5. The standard InChI is InChI=1S/C15H16ClN/c1-15(2,11-3-7-13(16)8-4-11)12-5-9-14(17)10-6-12/h3-10H,17H2,1-2H3. The first-order valence-electron chi connectivity index (χ1n) is 5.62. The van der Waals surface area contributed by atoms with Crippen LogP contribution in [0.15, 0.2) is 48.5 Å². The third-order valence-corrected chi connectivity index (χ3v) is 3.45. The Hall–Kier alpha value is -1.47. The second kappa shape index (κ2) is 4.42. The molecule has 0 bridgehead atoms. The molecule has 88 valence electrons. The van der Waals surface area contributed by atoms with E-state index in [1.54, 1.807) is 0 Å². The molecule has 0 aromatic heterocycles. The molecule has 2 aromatic rings. The van der Waals surface area contributed by atoms with E-state index in [-0.39, 0.29) is 5.41 Å². The summed E-state index contributed by atoms with van der Waals surface area (Å²) in [6, 6.07) is 16.0. The van der Waals surface area contributed by atoms with Crippen LogP contribution in [-0.4, -0.2) is 0 Å². The predicted octanol–water partition coefficient (Wildman–Crippen LogP) is 4.25. The molecule has 2 N–H and O–H groups in total. The first-order chi connectivity index (χ1) is 8.00. The van der Waals surface area contributed by atoms with Gasteiger partial charge >= 0.3 is 0 Å². The molecule has 0 saturated carbocycles. The fourth-order valence-electron chi connectivity index (χ4n) is 1.93. The molecule has 0 heterocycles. The number of hydrogen-bond donors (Lipinski definition) is 1. The fraction of sp³-hybridized carbons (Fsp3) is 0.200. The summed E-state index contributed by atoms with van der Waals surface area (Å²) in [6.07, 6.45) is 0. The lowest BCUT2D eigenvalue weighted by Gasteiger charge is -2.26. The van der Waals surface area contributed by atoms with Gasteiger partial charge in [-0.15, -0.1) is 0 Å². The van der Waals surface area contributed by atoms with E-state index in [1.165, 1.54) is 11.1 Å². The van der Waals surface area contributed by atoms with Crippen LogP contribution >= 0.6 is 11.6 Å². The van der Waals surface area contributed by atoms with E-state index in [1.807, 2.05) is 24.3 Å². The summed E-state index contributed by atoms with van der Waals surface area (Å²) in [5.74, 6) is 0. The number of halogens is 1. The Morgan fingerprint density at radius 1 is 0.824 bits per heavy atom. The van der Waals surface area contributed by atoms with Crippen LogP contribution in [0.1, 0.15) is 25.0 Å². The maximum atomic E-state index is 5.91. The van der Waals surface area contributed by atoms with Crippen LogP contribution in [0.4, 0.5) is 5.69 Å². The topological polar surface area (TPSA) is 26.0 Å². The molecule has 0 fully saturated rings. The van der Waals surface area contributed by atoms with Crippen LogP contribution in [-0.2, 0) is 5.41 Å². The lowest BCUT2D eigenvalue weighted by molar-refractivity contribution is 0.641. The van der Waals surface area contributed by atoms with Crippen molar-refractivity contribution < 1.29 is 0 Å². The minimum Gasteiger partial charge on any atom is -0.399 e. The van der Waals surface area contributed by atoms with Crippen LogP contribution < -0.4 is 5.73 Å². The molecule has 2 aromatic carbocycles. The molecular formula is C15H16ClN. The molecule has 0 aliphatic carbocycles. The van der Waals surface area contributed by atoms with Crippen LogP contribution in [0.3, 0.4) is 0 Å². The molecule has 2 rings (SSSR count). The van der Waals surface area contributed by atoms with E-state index in [9.17, 15) is 0 Å². The molecule has 0 unspecified atom stereocenters. The van der Waals surface area contributed by atoms with Crippen molar-refractivity contribution in [2.45, 2.75) is 19.3 Å². The molecule has 0 aliphatic rings. The molecule has 0 aliphatic heterocycles. The largest absolute Gasteiger partial charge is 0.399 e. The maximum absolute atomic E-state index is 5.91. The smallest absolute Gasteiger partial charge is 0.0406 e. The third-order valence-electron chi connectivity index (χ3n) is 3.20. The van der Waals surface area contributed by atoms with Crippen molar-refractivity contribution >= 4 is 17.3 Å². The number of rotatable bonds is 2. The SMILES string of the molecule is CC(C)(c1ccc(N)cc1)c1ccc(Cl)cc1. The Kier molecular flexibility index (Phi) is 3.12. The molecule has 0 amide bonds. The lowest BCUT2D eigenvalue weighted by Crippen LogP contribution is -2.18. The molecule has 1 nitrogen and oxygen atoms in total. The van der Waals surface area contributed by atoms with E-state index in [0.29, 0.717) is 0 Å². The Bertz CT molecular complexity index is 450. The van der Waals surface area contributed by atoms with Gasteiger partial charge in [-0.3, -0.25) is 0 Å². The van der Waals surface area contributed by atoms with Crippen molar-refractivity contribution in [1.29, 1.82) is 0 Å². The highest BCUT2D eigenvalue weighted by atomic mass is 35.5. The fourth-order valence-corrected chi connectivity index (χ4v) is 2.06. The summed E-state index contributed by atoms with van der Waals surface area (Å²) in [5, 5.41) is 0.766. The highest BCUT2D eigenvalue weighted by Gasteiger charge is 2.22. The van der Waals surface area contributed by atoms with Crippen molar-refractivity contribution in [3.8, 4) is 0 Å². The zero-order valence-corrected chi connectivity index (χ0v) is 10.8. The van der Waals surface area contributed by atoms with Crippen molar-refractivity contribution in [2.75, 3.05) is 5.73 Å². The van der Waals surface area contributed by atoms with Crippen molar-refractivity contribution in [3.63, 3.8) is 0 Å². The molecule has 0 radical (unpaired) electrons. The molecule has 17 heavy (non-hydrogen) atoms. The van der Waals surface area contributed by atoms with Gasteiger partial charge in [0.05, 0.1) is 0 Å². The summed E-state index contributed by atoms with van der Waals surface area (Å²) < 4.78 is 0. The van der Waals surface area contributed by atoms with Crippen molar-refractivity contribution in [1.82, 2.24) is 0 Å². The van der Waals surface area contributed by atoms with Gasteiger partial charge in [-0.05, 0) is 35.4 Å². The van der Waals surface area contributed by atoms with Crippen LogP contribution in [0.25, 0.3) is 0 Å². The van der Waals surface area contributed by atoms with E-state index in [2.05, 4.69) is 38.1 Å². The van der Waals surface area contributed by atoms with Crippen molar-refractivity contribution in [3.05, 3.63) is 64.7 Å². The first kappa shape index (κ1) is 12.0. The molecule has 0 atom stereocenters. The van der Waals surface area contributed by atoms with Gasteiger partial charge in [0, 0.05) is 16.1 Å². The van der Waals surface area contributed by atoms with Gasteiger partial charge in [-0.2, -0.15) is 0 Å². The second-order valence-electron chi connectivity index (χ2n) is 4.75. The van der Waals surface area contributed by atoms with Crippen LogP contribution in [0.5, 0.6) is 0 Å². The average molecular weight is 246 g/mol. The summed E-state index contributed by atoms with van der Waals surface area (Å²) >= 11 is 5.91. The third kappa shape index (κ3) is 2.45. The number of nitrogen functional groups attached to an aromatic ring is 1. The Labute approximate surface area is 107 Å². The van der Waals surface area contributed by atoms with Crippen LogP contribution in [0.2, 0.25) is 5.02 Å². The van der Waals surface area contributed by atoms with E-state index in [0.717, 1.165) is 10.7 Å². The van der Waals surface area contributed by atoms with Crippen LogP contribution in [0, 0.1) is 0 Å². The summed E-state index contributed by atoms with van der Waals surface area (Å²) in [4.78, 5) is 0. The summed E-state index contributed by atoms with van der Waals surface area (Å²) in [5.41, 5.74) is 8.95. The predicted molar refractivity (Wildman–Crippen MR) is 74.4 cm³/mol. The minimum atomic E-state index is -0.0434. The summed E-state index contributed by atoms with van der Waals surface area (Å²) in [7, 11) is 0. The van der Waals surface area contributed by atoms with Crippen molar-refractivity contribution in [2.24, 2.45) is 0 Å². The number of benzene rings is 2. The average Bonchev–Trinajstić information content (AvgIpc) is 2.30. The Balaban J connectivity index is 2.41. The van der Waals surface area contributed by atoms with Gasteiger partial charge in [0.1, 0.15) is 0 Å². The van der Waals surface area contributed by atoms with E-state index >= 15 is 0 Å². The molecule has 2 heteroatoms. The van der Waals surface area contributed by atoms with Gasteiger partial charge < -0.3 is 5.73 Å². The summed E-state index contributed by atoms with van der Waals surface area (Å²) in [6.45, 7) is 4.39. The first-order valence-corrected chi connectivity index (χ1v) is 6.00. The highest BCUT2D eigenvalue weighted by molar-refractivity contribution is 6.30. The zero-order valence-electron chi connectivity index (χ0n) is 10.1. The number of hydrogen-bond acceptors (Lipinski definition) is 1.